The molecule has 0 aliphatic heterocycles. The van der Waals surface area contributed by atoms with Gasteiger partial charge in [-0.3, -0.25) is 0 Å². The zero-order valence-corrected chi connectivity index (χ0v) is 12.7. The van der Waals surface area contributed by atoms with Crippen molar-refractivity contribution in [2.24, 2.45) is 0 Å². The largest absolute Gasteiger partial charge is 0.456 e. The highest BCUT2D eigenvalue weighted by atomic mass is 16.6. The maximum absolute atomic E-state index is 12.1. The van der Waals surface area contributed by atoms with Crippen molar-refractivity contribution in [3.8, 4) is 11.3 Å². The molecule has 0 aliphatic rings. The van der Waals surface area contributed by atoms with Gasteiger partial charge in [0.05, 0.1) is 11.3 Å². The molecule has 0 unspecified atom stereocenters. The summed E-state index contributed by atoms with van der Waals surface area (Å²) in [4.78, 5) is 20.3. The molecule has 1 heterocycles. The van der Waals surface area contributed by atoms with Gasteiger partial charge in [0.1, 0.15) is 5.60 Å². The molecule has 21 heavy (non-hydrogen) atoms. The van der Waals surface area contributed by atoms with E-state index in [-0.39, 0.29) is 11.9 Å². The number of benzene rings is 1. The molecule has 0 radical (unpaired) electrons. The number of esters is 1. The van der Waals surface area contributed by atoms with Crippen molar-refractivity contribution in [3.05, 3.63) is 41.6 Å². The van der Waals surface area contributed by atoms with E-state index in [2.05, 4.69) is 9.97 Å². The van der Waals surface area contributed by atoms with E-state index in [0.29, 0.717) is 11.3 Å². The molecule has 1 aromatic carbocycles. The summed E-state index contributed by atoms with van der Waals surface area (Å²) in [6.07, 6.45) is 1.66. The first-order valence-electron chi connectivity index (χ1n) is 6.69. The average Bonchev–Trinajstić information content (AvgIpc) is 2.40. The number of hydrogen-bond donors (Lipinski definition) is 1. The van der Waals surface area contributed by atoms with Crippen LogP contribution in [0.1, 0.15) is 36.7 Å². The monoisotopic (exact) mass is 285 g/mol. The molecule has 2 rings (SSSR count). The lowest BCUT2D eigenvalue weighted by Gasteiger charge is -2.19. The second-order valence-electron chi connectivity index (χ2n) is 5.84. The predicted molar refractivity (Wildman–Crippen MR) is 81.8 cm³/mol. The minimum Gasteiger partial charge on any atom is -0.456 e. The zero-order valence-electron chi connectivity index (χ0n) is 12.7. The van der Waals surface area contributed by atoms with E-state index in [1.165, 1.54) is 0 Å². The van der Waals surface area contributed by atoms with Crippen LogP contribution in [0.2, 0.25) is 0 Å². The molecule has 0 aliphatic carbocycles. The van der Waals surface area contributed by atoms with Gasteiger partial charge in [0.25, 0.3) is 0 Å². The second-order valence-corrected chi connectivity index (χ2v) is 5.84. The van der Waals surface area contributed by atoms with Crippen molar-refractivity contribution in [3.63, 3.8) is 0 Å². The van der Waals surface area contributed by atoms with Gasteiger partial charge < -0.3 is 10.5 Å². The highest BCUT2D eigenvalue weighted by Gasteiger charge is 2.18. The van der Waals surface area contributed by atoms with Crippen LogP contribution in [-0.2, 0) is 4.74 Å². The van der Waals surface area contributed by atoms with Crippen molar-refractivity contribution in [1.29, 1.82) is 0 Å². The van der Waals surface area contributed by atoms with Crippen LogP contribution in [0.5, 0.6) is 0 Å². The normalized spacial score (nSPS) is 11.2. The van der Waals surface area contributed by atoms with Crippen LogP contribution in [0.4, 0.5) is 5.95 Å². The highest BCUT2D eigenvalue weighted by Crippen LogP contribution is 2.23. The van der Waals surface area contributed by atoms with Gasteiger partial charge in [0.15, 0.2) is 0 Å². The number of aryl methyl sites for hydroxylation is 1. The Hall–Kier alpha value is -2.43. The number of carbonyl (C=O) groups excluding carboxylic acids is 1. The Morgan fingerprint density at radius 2 is 2.00 bits per heavy atom. The Kier molecular flexibility index (Phi) is 3.93. The van der Waals surface area contributed by atoms with Crippen molar-refractivity contribution in [2.75, 3.05) is 5.73 Å². The number of nitrogen functional groups attached to an aromatic ring is 1. The molecule has 0 spiro atoms. The van der Waals surface area contributed by atoms with E-state index in [0.717, 1.165) is 11.1 Å². The number of aromatic nitrogens is 2. The number of hydrogen-bond acceptors (Lipinski definition) is 5. The average molecular weight is 285 g/mol. The molecule has 2 aromatic rings. The molecule has 5 heteroatoms. The number of rotatable bonds is 2. The van der Waals surface area contributed by atoms with Crippen molar-refractivity contribution >= 4 is 11.9 Å². The standard InChI is InChI=1S/C16H19N3O2/c1-10-9-18-15(17)19-13(10)11-6-5-7-12(8-11)14(20)21-16(2,3)4/h5-9H,1-4H3,(H2,17,18,19). The van der Waals surface area contributed by atoms with Gasteiger partial charge in [0, 0.05) is 11.8 Å². The molecule has 0 saturated heterocycles. The summed E-state index contributed by atoms with van der Waals surface area (Å²) in [5, 5.41) is 0. The Morgan fingerprint density at radius 3 is 2.67 bits per heavy atom. The fraction of sp³-hybridized carbons (Fsp3) is 0.312. The second kappa shape index (κ2) is 5.52. The van der Waals surface area contributed by atoms with Gasteiger partial charge in [-0.15, -0.1) is 0 Å². The molecular formula is C16H19N3O2. The van der Waals surface area contributed by atoms with E-state index < -0.39 is 5.60 Å². The smallest absolute Gasteiger partial charge is 0.338 e. The quantitative estimate of drug-likeness (QED) is 0.858. The highest BCUT2D eigenvalue weighted by molar-refractivity contribution is 5.91. The molecule has 5 nitrogen and oxygen atoms in total. The van der Waals surface area contributed by atoms with Crippen LogP contribution in [0, 0.1) is 6.92 Å². The lowest BCUT2D eigenvalue weighted by molar-refractivity contribution is 0.00696. The molecule has 0 amide bonds. The topological polar surface area (TPSA) is 78.1 Å². The summed E-state index contributed by atoms with van der Waals surface area (Å²) in [5.74, 6) is -0.151. The van der Waals surface area contributed by atoms with Crippen LogP contribution >= 0.6 is 0 Å². The molecule has 0 saturated carbocycles. The molecule has 0 bridgehead atoms. The van der Waals surface area contributed by atoms with Gasteiger partial charge in [-0.1, -0.05) is 12.1 Å². The van der Waals surface area contributed by atoms with Gasteiger partial charge in [0.2, 0.25) is 5.95 Å². The minimum atomic E-state index is -0.525. The van der Waals surface area contributed by atoms with E-state index in [1.54, 1.807) is 24.4 Å². The predicted octanol–water partition coefficient (Wildman–Crippen LogP) is 2.99. The number of carbonyl (C=O) groups is 1. The Labute approximate surface area is 124 Å². The van der Waals surface area contributed by atoms with Crippen LogP contribution in [0.15, 0.2) is 30.5 Å². The molecule has 0 atom stereocenters. The Morgan fingerprint density at radius 1 is 1.29 bits per heavy atom. The SMILES string of the molecule is Cc1cnc(N)nc1-c1cccc(C(=O)OC(C)(C)C)c1. The zero-order chi connectivity index (χ0) is 15.6. The lowest BCUT2D eigenvalue weighted by Crippen LogP contribution is -2.23. The van der Waals surface area contributed by atoms with Gasteiger partial charge in [-0.2, -0.15) is 0 Å². The molecule has 0 fully saturated rings. The number of ether oxygens (including phenoxy) is 1. The molecule has 1 aromatic heterocycles. The van der Waals surface area contributed by atoms with Gasteiger partial charge in [-0.05, 0) is 45.4 Å². The first-order valence-corrected chi connectivity index (χ1v) is 6.69. The van der Waals surface area contributed by atoms with Crippen LogP contribution in [0.25, 0.3) is 11.3 Å². The third kappa shape index (κ3) is 3.78. The Bertz CT molecular complexity index is 675. The number of anilines is 1. The molecule has 2 N–H and O–H groups in total. The number of nitrogens with two attached hydrogens (primary N) is 1. The summed E-state index contributed by atoms with van der Waals surface area (Å²) in [5.41, 5.74) is 8.01. The summed E-state index contributed by atoms with van der Waals surface area (Å²) in [6.45, 7) is 7.41. The van der Waals surface area contributed by atoms with E-state index in [4.69, 9.17) is 10.5 Å². The fourth-order valence-corrected chi connectivity index (χ4v) is 1.88. The first kappa shape index (κ1) is 15.0. The molecule has 110 valence electrons. The summed E-state index contributed by atoms with van der Waals surface area (Å²) < 4.78 is 5.37. The summed E-state index contributed by atoms with van der Waals surface area (Å²) >= 11 is 0. The van der Waals surface area contributed by atoms with Gasteiger partial charge in [-0.25, -0.2) is 14.8 Å². The van der Waals surface area contributed by atoms with Crippen molar-refractivity contribution < 1.29 is 9.53 Å². The Balaban J connectivity index is 2.38. The number of nitrogens with zero attached hydrogens (tertiary/aromatic N) is 2. The first-order chi connectivity index (χ1) is 9.76. The minimum absolute atomic E-state index is 0.207. The third-order valence-electron chi connectivity index (χ3n) is 2.76. The van der Waals surface area contributed by atoms with Crippen molar-refractivity contribution in [1.82, 2.24) is 9.97 Å². The maximum atomic E-state index is 12.1. The van der Waals surface area contributed by atoms with E-state index >= 15 is 0 Å². The van der Waals surface area contributed by atoms with E-state index in [1.807, 2.05) is 33.8 Å². The van der Waals surface area contributed by atoms with Crippen LogP contribution < -0.4 is 5.73 Å². The third-order valence-corrected chi connectivity index (χ3v) is 2.76. The van der Waals surface area contributed by atoms with Crippen LogP contribution in [0.3, 0.4) is 0 Å². The van der Waals surface area contributed by atoms with Crippen LogP contribution in [-0.4, -0.2) is 21.5 Å². The molecular weight excluding hydrogens is 266 g/mol. The maximum Gasteiger partial charge on any atom is 0.338 e. The van der Waals surface area contributed by atoms with E-state index in [9.17, 15) is 4.79 Å². The summed E-state index contributed by atoms with van der Waals surface area (Å²) in [7, 11) is 0. The van der Waals surface area contributed by atoms with Crippen molar-refractivity contribution in [2.45, 2.75) is 33.3 Å². The fourth-order valence-electron chi connectivity index (χ4n) is 1.88. The van der Waals surface area contributed by atoms with Gasteiger partial charge >= 0.3 is 5.97 Å². The summed E-state index contributed by atoms with van der Waals surface area (Å²) in [6, 6.07) is 7.15. The lowest BCUT2D eigenvalue weighted by atomic mass is 10.0.